The van der Waals surface area contributed by atoms with Crippen LogP contribution in [0.1, 0.15) is 20.8 Å². The van der Waals surface area contributed by atoms with Gasteiger partial charge in [-0.05, 0) is 41.6 Å². The van der Waals surface area contributed by atoms with Gasteiger partial charge in [-0.1, -0.05) is 12.1 Å². The molecule has 0 saturated carbocycles. The Hall–Kier alpha value is -2.18. The molecule has 1 fully saturated rings. The second-order valence-corrected chi connectivity index (χ2v) is 6.72. The van der Waals surface area contributed by atoms with Crippen molar-refractivity contribution in [3.05, 3.63) is 51.7 Å². The highest BCUT2D eigenvalue weighted by atomic mass is 32.1. The van der Waals surface area contributed by atoms with Crippen molar-refractivity contribution in [2.75, 3.05) is 31.6 Å². The van der Waals surface area contributed by atoms with Crippen LogP contribution in [-0.4, -0.2) is 43.0 Å². The van der Waals surface area contributed by atoms with Crippen molar-refractivity contribution in [1.82, 2.24) is 4.90 Å². The Bertz CT molecular complexity index is 718. The lowest BCUT2D eigenvalue weighted by Gasteiger charge is -2.26. The van der Waals surface area contributed by atoms with Crippen molar-refractivity contribution >= 4 is 28.8 Å². The summed E-state index contributed by atoms with van der Waals surface area (Å²) in [5.74, 6) is 0.00869. The summed E-state index contributed by atoms with van der Waals surface area (Å²) in [4.78, 5) is 26.9. The van der Waals surface area contributed by atoms with E-state index in [0.29, 0.717) is 37.6 Å². The maximum absolute atomic E-state index is 12.2. The molecule has 1 aromatic carbocycles. The number of hydrogen-bond acceptors (Lipinski definition) is 4. The smallest absolute Gasteiger partial charge is 0.265 e. The number of rotatable bonds is 4. The molecular formula is C18H20N2O3S. The minimum Gasteiger partial charge on any atom is -0.378 e. The lowest BCUT2D eigenvalue weighted by Crippen LogP contribution is -2.41. The van der Waals surface area contributed by atoms with Gasteiger partial charge in [0.2, 0.25) is 5.91 Å². The predicted octanol–water partition coefficient (Wildman–Crippen LogP) is 2.71. The molecule has 3 rings (SSSR count). The Kier molecular flexibility index (Phi) is 5.27. The Morgan fingerprint density at radius 3 is 2.54 bits per heavy atom. The van der Waals surface area contributed by atoms with Gasteiger partial charge in [0.25, 0.3) is 5.91 Å². The average Bonchev–Trinajstić information content (AvgIpc) is 3.04. The summed E-state index contributed by atoms with van der Waals surface area (Å²) < 4.78 is 5.26. The van der Waals surface area contributed by atoms with Crippen molar-refractivity contribution in [2.24, 2.45) is 0 Å². The van der Waals surface area contributed by atoms with E-state index in [1.54, 1.807) is 0 Å². The van der Waals surface area contributed by atoms with E-state index in [2.05, 4.69) is 5.32 Å². The summed E-state index contributed by atoms with van der Waals surface area (Å²) in [6.45, 7) is 4.51. The van der Waals surface area contributed by atoms with Crippen LogP contribution in [0.4, 0.5) is 5.69 Å². The molecule has 1 aromatic heterocycles. The number of nitrogens with one attached hydrogen (secondary N) is 1. The third-order valence-electron chi connectivity index (χ3n) is 3.89. The molecule has 2 heterocycles. The quantitative estimate of drug-likeness (QED) is 0.928. The van der Waals surface area contributed by atoms with Gasteiger partial charge in [-0.3, -0.25) is 9.59 Å². The van der Waals surface area contributed by atoms with Crippen LogP contribution in [0.15, 0.2) is 35.7 Å². The van der Waals surface area contributed by atoms with Crippen LogP contribution in [0.3, 0.4) is 0 Å². The summed E-state index contributed by atoms with van der Waals surface area (Å²) in [5, 5.41) is 4.83. The van der Waals surface area contributed by atoms with Gasteiger partial charge in [0, 0.05) is 18.8 Å². The van der Waals surface area contributed by atoms with E-state index in [0.717, 1.165) is 16.8 Å². The predicted molar refractivity (Wildman–Crippen MR) is 94.6 cm³/mol. The number of carbonyl (C=O) groups is 2. The maximum atomic E-state index is 12.2. The zero-order chi connectivity index (χ0) is 16.9. The highest BCUT2D eigenvalue weighted by Gasteiger charge is 2.17. The minimum atomic E-state index is -0.106. The highest BCUT2D eigenvalue weighted by molar-refractivity contribution is 7.12. The van der Waals surface area contributed by atoms with Crippen molar-refractivity contribution in [3.63, 3.8) is 0 Å². The number of nitrogens with zero attached hydrogens (tertiary/aromatic N) is 1. The first-order chi connectivity index (χ1) is 11.6. The minimum absolute atomic E-state index is 0.106. The monoisotopic (exact) mass is 344 g/mol. The van der Waals surface area contributed by atoms with E-state index in [1.807, 2.05) is 47.5 Å². The number of morpholine rings is 1. The van der Waals surface area contributed by atoms with Gasteiger partial charge < -0.3 is 15.0 Å². The van der Waals surface area contributed by atoms with Crippen molar-refractivity contribution in [2.45, 2.75) is 13.3 Å². The van der Waals surface area contributed by atoms with E-state index >= 15 is 0 Å². The number of hydrogen-bond donors (Lipinski definition) is 1. The molecule has 0 radical (unpaired) electrons. The lowest BCUT2D eigenvalue weighted by molar-refractivity contribution is -0.134. The Labute approximate surface area is 145 Å². The summed E-state index contributed by atoms with van der Waals surface area (Å²) in [6, 6.07) is 9.30. The van der Waals surface area contributed by atoms with Crippen molar-refractivity contribution in [3.8, 4) is 0 Å². The van der Waals surface area contributed by atoms with Gasteiger partial charge in [0.05, 0.1) is 24.5 Å². The van der Waals surface area contributed by atoms with Crippen molar-refractivity contribution < 1.29 is 14.3 Å². The first-order valence-electron chi connectivity index (χ1n) is 7.93. The number of anilines is 1. The van der Waals surface area contributed by atoms with Gasteiger partial charge >= 0.3 is 0 Å². The molecule has 1 N–H and O–H groups in total. The van der Waals surface area contributed by atoms with Crippen LogP contribution < -0.4 is 5.32 Å². The Morgan fingerprint density at radius 1 is 1.21 bits per heavy atom. The molecule has 2 amide bonds. The van der Waals surface area contributed by atoms with E-state index < -0.39 is 0 Å². The number of carbonyl (C=O) groups excluding carboxylic acids is 2. The van der Waals surface area contributed by atoms with Crippen LogP contribution in [0, 0.1) is 6.92 Å². The number of amides is 2. The average molecular weight is 344 g/mol. The van der Waals surface area contributed by atoms with Gasteiger partial charge in [-0.2, -0.15) is 0 Å². The fourth-order valence-electron chi connectivity index (χ4n) is 2.55. The van der Waals surface area contributed by atoms with Gasteiger partial charge in [-0.15, -0.1) is 11.3 Å². The molecule has 0 atom stereocenters. The third-order valence-corrected chi connectivity index (χ3v) is 4.93. The fourth-order valence-corrected chi connectivity index (χ4v) is 3.34. The van der Waals surface area contributed by atoms with Gasteiger partial charge in [0.15, 0.2) is 0 Å². The van der Waals surface area contributed by atoms with Crippen LogP contribution in [0.25, 0.3) is 0 Å². The molecule has 0 aliphatic carbocycles. The molecule has 1 aliphatic heterocycles. The largest absolute Gasteiger partial charge is 0.378 e. The van der Waals surface area contributed by atoms with Gasteiger partial charge in [0.1, 0.15) is 0 Å². The Morgan fingerprint density at radius 2 is 1.92 bits per heavy atom. The maximum Gasteiger partial charge on any atom is 0.265 e. The molecule has 1 saturated heterocycles. The molecule has 1 aliphatic rings. The SMILES string of the molecule is Cc1csc(C(=O)Nc2ccc(CC(=O)N3CCOCC3)cc2)c1. The first-order valence-corrected chi connectivity index (χ1v) is 8.81. The molecule has 6 heteroatoms. The molecule has 2 aromatic rings. The van der Waals surface area contributed by atoms with E-state index in [-0.39, 0.29) is 11.8 Å². The fraction of sp³-hybridized carbons (Fsp3) is 0.333. The Balaban J connectivity index is 1.56. The van der Waals surface area contributed by atoms with Gasteiger partial charge in [-0.25, -0.2) is 0 Å². The molecule has 24 heavy (non-hydrogen) atoms. The molecule has 5 nitrogen and oxygen atoms in total. The topological polar surface area (TPSA) is 58.6 Å². The molecule has 0 spiro atoms. The normalized spacial score (nSPS) is 14.5. The third kappa shape index (κ3) is 4.21. The van der Waals surface area contributed by atoms with E-state index in [4.69, 9.17) is 4.74 Å². The zero-order valence-corrected chi connectivity index (χ0v) is 14.4. The van der Waals surface area contributed by atoms with Crippen molar-refractivity contribution in [1.29, 1.82) is 0 Å². The second-order valence-electron chi connectivity index (χ2n) is 5.81. The number of thiophene rings is 1. The standard InChI is InChI=1S/C18H20N2O3S/c1-13-10-16(24-12-13)18(22)19-15-4-2-14(3-5-15)11-17(21)20-6-8-23-9-7-20/h2-5,10,12H,6-9,11H2,1H3,(H,19,22). The van der Waals surface area contributed by atoms with Crippen LogP contribution in [-0.2, 0) is 16.0 Å². The number of benzene rings is 1. The summed E-state index contributed by atoms with van der Waals surface area (Å²) in [7, 11) is 0. The van der Waals surface area contributed by atoms with E-state index in [1.165, 1.54) is 11.3 Å². The zero-order valence-electron chi connectivity index (χ0n) is 13.6. The highest BCUT2D eigenvalue weighted by Crippen LogP contribution is 2.17. The second kappa shape index (κ2) is 7.59. The summed E-state index contributed by atoms with van der Waals surface area (Å²) in [5.41, 5.74) is 2.76. The summed E-state index contributed by atoms with van der Waals surface area (Å²) >= 11 is 1.43. The molecule has 0 bridgehead atoms. The van der Waals surface area contributed by atoms with Crippen LogP contribution >= 0.6 is 11.3 Å². The van der Waals surface area contributed by atoms with Crippen LogP contribution in [0.2, 0.25) is 0 Å². The molecule has 0 unspecified atom stereocenters. The summed E-state index contributed by atoms with van der Waals surface area (Å²) in [6.07, 6.45) is 0.373. The molecule has 126 valence electrons. The molecular weight excluding hydrogens is 324 g/mol. The lowest BCUT2D eigenvalue weighted by atomic mass is 10.1. The van der Waals surface area contributed by atoms with E-state index in [9.17, 15) is 9.59 Å². The van der Waals surface area contributed by atoms with Crippen LogP contribution in [0.5, 0.6) is 0 Å². The first kappa shape index (κ1) is 16.7. The number of aryl methyl sites for hydroxylation is 1. The number of ether oxygens (including phenoxy) is 1.